The third-order valence-corrected chi connectivity index (χ3v) is 4.27. The lowest BCUT2D eigenvalue weighted by Gasteiger charge is -2.36. The van der Waals surface area contributed by atoms with Gasteiger partial charge in [-0.2, -0.15) is 0 Å². The Kier molecular flexibility index (Phi) is 8.93. The lowest BCUT2D eigenvalue weighted by Crippen LogP contribution is -2.48. The van der Waals surface area contributed by atoms with E-state index < -0.39 is 0 Å². The van der Waals surface area contributed by atoms with Crippen LogP contribution in [0.3, 0.4) is 0 Å². The topological polar surface area (TPSA) is 43.8 Å². The Morgan fingerprint density at radius 1 is 1.14 bits per heavy atom. The van der Waals surface area contributed by atoms with Gasteiger partial charge in [-0.05, 0) is 32.6 Å². The first kappa shape index (κ1) is 18.4. The van der Waals surface area contributed by atoms with Gasteiger partial charge in [-0.3, -0.25) is 9.69 Å². The van der Waals surface area contributed by atoms with Crippen LogP contribution in [0.15, 0.2) is 0 Å². The third-order valence-electron chi connectivity index (χ3n) is 4.27. The number of nitrogens with zero attached hydrogens (tertiary/aromatic N) is 2. The van der Waals surface area contributed by atoms with Crippen molar-refractivity contribution in [3.8, 4) is 0 Å². The Labute approximate surface area is 130 Å². The molecule has 1 N–H and O–H groups in total. The average Bonchev–Trinajstić information content (AvgIpc) is 2.46. The standard InChI is InChI=1S/C17H34N2O2/c1-4-11-18(12-5-2)17(21)14-19(13-15(3)20)16-9-7-6-8-10-16/h15-16,20H,4-14H2,1-3H3. The molecule has 0 aromatic carbocycles. The van der Waals surface area contributed by atoms with Crippen LogP contribution >= 0.6 is 0 Å². The first-order chi connectivity index (χ1) is 10.1. The summed E-state index contributed by atoms with van der Waals surface area (Å²) in [6, 6.07) is 0.474. The molecule has 0 aromatic heterocycles. The Morgan fingerprint density at radius 3 is 2.19 bits per heavy atom. The van der Waals surface area contributed by atoms with Crippen molar-refractivity contribution in [2.45, 2.75) is 77.9 Å². The van der Waals surface area contributed by atoms with Crippen LogP contribution in [0.1, 0.15) is 65.7 Å². The molecule has 1 amide bonds. The van der Waals surface area contributed by atoms with Crippen LogP contribution in [0.2, 0.25) is 0 Å². The van der Waals surface area contributed by atoms with Crippen LogP contribution in [0.25, 0.3) is 0 Å². The number of aliphatic hydroxyl groups excluding tert-OH is 1. The van der Waals surface area contributed by atoms with Crippen LogP contribution in [0.4, 0.5) is 0 Å². The van der Waals surface area contributed by atoms with Gasteiger partial charge in [0.15, 0.2) is 0 Å². The van der Waals surface area contributed by atoms with Crippen molar-refractivity contribution in [2.75, 3.05) is 26.2 Å². The highest BCUT2D eigenvalue weighted by Crippen LogP contribution is 2.22. The monoisotopic (exact) mass is 298 g/mol. The van der Waals surface area contributed by atoms with Crippen molar-refractivity contribution in [1.82, 2.24) is 9.80 Å². The van der Waals surface area contributed by atoms with Crippen molar-refractivity contribution in [2.24, 2.45) is 0 Å². The lowest BCUT2D eigenvalue weighted by molar-refractivity contribution is -0.133. The zero-order valence-corrected chi connectivity index (χ0v) is 14.2. The number of carbonyl (C=O) groups is 1. The second-order valence-electron chi connectivity index (χ2n) is 6.45. The third kappa shape index (κ3) is 6.79. The van der Waals surface area contributed by atoms with Gasteiger partial charge < -0.3 is 10.0 Å². The molecule has 1 rings (SSSR count). The fraction of sp³-hybridized carbons (Fsp3) is 0.941. The fourth-order valence-corrected chi connectivity index (χ4v) is 3.30. The fourth-order valence-electron chi connectivity index (χ4n) is 3.30. The number of aliphatic hydroxyl groups is 1. The average molecular weight is 298 g/mol. The van der Waals surface area contributed by atoms with Crippen LogP contribution in [0, 0.1) is 0 Å². The van der Waals surface area contributed by atoms with Gasteiger partial charge in [-0.15, -0.1) is 0 Å². The minimum atomic E-state index is -0.370. The second kappa shape index (κ2) is 10.2. The van der Waals surface area contributed by atoms with Crippen molar-refractivity contribution in [3.63, 3.8) is 0 Å². The lowest BCUT2D eigenvalue weighted by atomic mass is 9.94. The first-order valence-corrected chi connectivity index (χ1v) is 8.78. The summed E-state index contributed by atoms with van der Waals surface area (Å²) in [5.41, 5.74) is 0. The number of amides is 1. The quantitative estimate of drug-likeness (QED) is 0.711. The predicted molar refractivity (Wildman–Crippen MR) is 87.3 cm³/mol. The molecule has 1 fully saturated rings. The van der Waals surface area contributed by atoms with E-state index in [0.29, 0.717) is 19.1 Å². The molecule has 4 nitrogen and oxygen atoms in total. The van der Waals surface area contributed by atoms with Crippen molar-refractivity contribution >= 4 is 5.91 Å². The highest BCUT2D eigenvalue weighted by atomic mass is 16.3. The summed E-state index contributed by atoms with van der Waals surface area (Å²) in [4.78, 5) is 16.8. The Morgan fingerprint density at radius 2 is 1.71 bits per heavy atom. The largest absolute Gasteiger partial charge is 0.392 e. The Bertz CT molecular complexity index is 283. The number of rotatable bonds is 9. The Balaban J connectivity index is 2.62. The molecule has 0 heterocycles. The van der Waals surface area contributed by atoms with Gasteiger partial charge in [-0.1, -0.05) is 33.1 Å². The van der Waals surface area contributed by atoms with E-state index in [4.69, 9.17) is 0 Å². The van der Waals surface area contributed by atoms with E-state index >= 15 is 0 Å². The van der Waals surface area contributed by atoms with E-state index in [0.717, 1.165) is 25.9 Å². The molecule has 1 aliphatic rings. The van der Waals surface area contributed by atoms with E-state index in [1.807, 2.05) is 11.8 Å². The van der Waals surface area contributed by atoms with Crippen molar-refractivity contribution in [3.05, 3.63) is 0 Å². The molecule has 1 unspecified atom stereocenters. The summed E-state index contributed by atoms with van der Waals surface area (Å²) in [7, 11) is 0. The van der Waals surface area contributed by atoms with Crippen LogP contribution in [-0.4, -0.2) is 59.1 Å². The molecule has 0 aromatic rings. The van der Waals surface area contributed by atoms with E-state index in [1.54, 1.807) is 0 Å². The van der Waals surface area contributed by atoms with Crippen molar-refractivity contribution in [1.29, 1.82) is 0 Å². The van der Waals surface area contributed by atoms with E-state index in [2.05, 4.69) is 18.7 Å². The summed E-state index contributed by atoms with van der Waals surface area (Å²) in [5.74, 6) is 0.227. The van der Waals surface area contributed by atoms with E-state index in [-0.39, 0.29) is 12.0 Å². The maximum absolute atomic E-state index is 12.6. The smallest absolute Gasteiger partial charge is 0.236 e. The molecule has 0 radical (unpaired) electrons. The summed E-state index contributed by atoms with van der Waals surface area (Å²) in [6.07, 6.45) is 7.79. The predicted octanol–water partition coefficient (Wildman–Crippen LogP) is 2.65. The molecular formula is C17H34N2O2. The van der Waals surface area contributed by atoms with Crippen molar-refractivity contribution < 1.29 is 9.90 Å². The molecule has 124 valence electrons. The van der Waals surface area contributed by atoms with Gasteiger partial charge in [0.05, 0.1) is 12.6 Å². The second-order valence-corrected chi connectivity index (χ2v) is 6.45. The number of hydrogen-bond donors (Lipinski definition) is 1. The number of hydrogen-bond acceptors (Lipinski definition) is 3. The minimum absolute atomic E-state index is 0.227. The minimum Gasteiger partial charge on any atom is -0.392 e. The molecule has 21 heavy (non-hydrogen) atoms. The van der Waals surface area contributed by atoms with Gasteiger partial charge >= 0.3 is 0 Å². The maximum atomic E-state index is 12.6. The van der Waals surface area contributed by atoms with Crippen LogP contribution < -0.4 is 0 Å². The highest BCUT2D eigenvalue weighted by molar-refractivity contribution is 5.78. The summed E-state index contributed by atoms with van der Waals surface area (Å²) in [6.45, 7) is 8.82. The van der Waals surface area contributed by atoms with E-state index in [1.165, 1.54) is 32.1 Å². The molecule has 1 atom stereocenters. The number of carbonyl (C=O) groups excluding carboxylic acids is 1. The summed E-state index contributed by atoms with van der Waals surface area (Å²) < 4.78 is 0. The molecular weight excluding hydrogens is 264 g/mol. The van der Waals surface area contributed by atoms with E-state index in [9.17, 15) is 9.90 Å². The normalized spacial score (nSPS) is 18.0. The first-order valence-electron chi connectivity index (χ1n) is 8.78. The summed E-state index contributed by atoms with van der Waals surface area (Å²) >= 11 is 0. The van der Waals surface area contributed by atoms with Gasteiger partial charge in [0.25, 0.3) is 0 Å². The molecule has 0 aliphatic heterocycles. The maximum Gasteiger partial charge on any atom is 0.236 e. The van der Waals surface area contributed by atoms with Gasteiger partial charge in [-0.25, -0.2) is 0 Å². The van der Waals surface area contributed by atoms with Crippen LogP contribution in [0.5, 0.6) is 0 Å². The van der Waals surface area contributed by atoms with Gasteiger partial charge in [0.2, 0.25) is 5.91 Å². The molecule has 4 heteroatoms. The molecule has 1 saturated carbocycles. The molecule has 1 aliphatic carbocycles. The SMILES string of the molecule is CCCN(CCC)C(=O)CN(CC(C)O)C1CCCCC1. The zero-order valence-electron chi connectivity index (χ0n) is 14.2. The Hall–Kier alpha value is -0.610. The summed E-state index contributed by atoms with van der Waals surface area (Å²) in [5, 5.41) is 9.75. The highest BCUT2D eigenvalue weighted by Gasteiger charge is 2.25. The molecule has 0 saturated heterocycles. The van der Waals surface area contributed by atoms with Crippen LogP contribution in [-0.2, 0) is 4.79 Å². The van der Waals surface area contributed by atoms with Gasteiger partial charge in [0, 0.05) is 25.7 Å². The zero-order chi connectivity index (χ0) is 15.7. The molecule has 0 bridgehead atoms. The van der Waals surface area contributed by atoms with Gasteiger partial charge in [0.1, 0.15) is 0 Å². The molecule has 0 spiro atoms.